The largest absolute Gasteiger partial charge is 0.480 e. The maximum Gasteiger partial charge on any atom is 0.320 e. The maximum absolute atomic E-state index is 12.8. The van der Waals surface area contributed by atoms with Gasteiger partial charge in [-0.3, -0.25) is 9.69 Å². The molecular weight excluding hydrogens is 233 g/mol. The minimum atomic E-state index is -0.766. The van der Waals surface area contributed by atoms with Crippen LogP contribution in [0.2, 0.25) is 0 Å². The Kier molecular flexibility index (Phi) is 3.97. The minimum Gasteiger partial charge on any atom is -0.480 e. The molecule has 1 saturated heterocycles. The number of carboxylic acids is 1. The lowest BCUT2D eigenvalue weighted by Crippen LogP contribution is -2.37. The van der Waals surface area contributed by atoms with Gasteiger partial charge in [0, 0.05) is 6.54 Å². The standard InChI is InChI=1S/C14H18FNO2/c1-10(14(17)18)16-7-6-12(9-16)8-11-2-4-13(15)5-3-11/h2-5,10,12H,6-9H2,1H3,(H,17,18)/t10-,12+/m1/s1. The Labute approximate surface area is 106 Å². The van der Waals surface area contributed by atoms with E-state index in [0.29, 0.717) is 5.92 Å². The summed E-state index contributed by atoms with van der Waals surface area (Å²) in [6.45, 7) is 3.37. The van der Waals surface area contributed by atoms with Gasteiger partial charge in [0.1, 0.15) is 11.9 Å². The van der Waals surface area contributed by atoms with Crippen LogP contribution in [0.3, 0.4) is 0 Å². The van der Waals surface area contributed by atoms with Crippen molar-refractivity contribution >= 4 is 5.97 Å². The van der Waals surface area contributed by atoms with E-state index in [9.17, 15) is 9.18 Å². The fraction of sp³-hybridized carbons (Fsp3) is 0.500. The highest BCUT2D eigenvalue weighted by Crippen LogP contribution is 2.22. The highest BCUT2D eigenvalue weighted by Gasteiger charge is 2.29. The van der Waals surface area contributed by atoms with Crippen LogP contribution in [-0.2, 0) is 11.2 Å². The number of rotatable bonds is 4. The van der Waals surface area contributed by atoms with Gasteiger partial charge in [0.15, 0.2) is 0 Å². The van der Waals surface area contributed by atoms with Crippen molar-refractivity contribution in [1.82, 2.24) is 4.90 Å². The van der Waals surface area contributed by atoms with Crippen LogP contribution in [-0.4, -0.2) is 35.1 Å². The monoisotopic (exact) mass is 251 g/mol. The Balaban J connectivity index is 1.89. The van der Waals surface area contributed by atoms with Gasteiger partial charge in [0.05, 0.1) is 0 Å². The fourth-order valence-electron chi connectivity index (χ4n) is 2.49. The average molecular weight is 251 g/mol. The number of carboxylic acid groups (broad SMARTS) is 1. The van der Waals surface area contributed by atoms with Crippen LogP contribution < -0.4 is 0 Å². The summed E-state index contributed by atoms with van der Waals surface area (Å²) >= 11 is 0. The van der Waals surface area contributed by atoms with E-state index in [1.54, 1.807) is 19.1 Å². The van der Waals surface area contributed by atoms with Gasteiger partial charge in [-0.1, -0.05) is 12.1 Å². The first kappa shape index (κ1) is 13.0. The third-order valence-corrected chi connectivity index (χ3v) is 3.66. The van der Waals surface area contributed by atoms with Gasteiger partial charge >= 0.3 is 5.97 Å². The summed E-state index contributed by atoms with van der Waals surface area (Å²) in [5.74, 6) is -0.513. The number of hydrogen-bond acceptors (Lipinski definition) is 2. The molecule has 1 fully saturated rings. The first-order valence-electron chi connectivity index (χ1n) is 6.27. The van der Waals surface area contributed by atoms with E-state index in [0.717, 1.165) is 31.5 Å². The topological polar surface area (TPSA) is 40.5 Å². The van der Waals surface area contributed by atoms with Crippen molar-refractivity contribution in [3.8, 4) is 0 Å². The van der Waals surface area contributed by atoms with Crippen molar-refractivity contribution in [1.29, 1.82) is 0 Å². The van der Waals surface area contributed by atoms with E-state index < -0.39 is 12.0 Å². The molecule has 1 aliphatic rings. The van der Waals surface area contributed by atoms with Gasteiger partial charge < -0.3 is 5.11 Å². The van der Waals surface area contributed by atoms with E-state index in [1.165, 1.54) is 12.1 Å². The summed E-state index contributed by atoms with van der Waals surface area (Å²) in [6.07, 6.45) is 1.90. The summed E-state index contributed by atoms with van der Waals surface area (Å²) in [4.78, 5) is 12.9. The molecule has 0 radical (unpaired) electrons. The molecule has 0 spiro atoms. The molecule has 0 bridgehead atoms. The molecule has 0 aromatic heterocycles. The van der Waals surface area contributed by atoms with Gasteiger partial charge in [-0.25, -0.2) is 4.39 Å². The molecule has 98 valence electrons. The number of hydrogen-bond donors (Lipinski definition) is 1. The second-order valence-electron chi connectivity index (χ2n) is 4.99. The third kappa shape index (κ3) is 3.07. The van der Waals surface area contributed by atoms with Crippen LogP contribution in [0.5, 0.6) is 0 Å². The highest BCUT2D eigenvalue weighted by molar-refractivity contribution is 5.72. The van der Waals surface area contributed by atoms with Crippen molar-refractivity contribution in [2.45, 2.75) is 25.8 Å². The lowest BCUT2D eigenvalue weighted by Gasteiger charge is -2.20. The van der Waals surface area contributed by atoms with E-state index >= 15 is 0 Å². The van der Waals surface area contributed by atoms with Gasteiger partial charge in [0.25, 0.3) is 0 Å². The summed E-state index contributed by atoms with van der Waals surface area (Å²) in [5.41, 5.74) is 1.12. The van der Waals surface area contributed by atoms with Crippen LogP contribution in [0.15, 0.2) is 24.3 Å². The van der Waals surface area contributed by atoms with E-state index in [2.05, 4.69) is 0 Å². The first-order chi connectivity index (χ1) is 8.56. The molecule has 0 unspecified atom stereocenters. The van der Waals surface area contributed by atoms with Crippen LogP contribution in [0.4, 0.5) is 4.39 Å². The summed E-state index contributed by atoms with van der Waals surface area (Å²) in [5, 5.41) is 8.97. The molecular formula is C14H18FNO2. The zero-order valence-corrected chi connectivity index (χ0v) is 10.5. The molecule has 1 aromatic rings. The molecule has 0 aliphatic carbocycles. The number of benzene rings is 1. The molecule has 1 aliphatic heterocycles. The second kappa shape index (κ2) is 5.48. The average Bonchev–Trinajstić information content (AvgIpc) is 2.79. The number of halogens is 1. The zero-order valence-electron chi connectivity index (χ0n) is 10.5. The van der Waals surface area contributed by atoms with Crippen molar-refractivity contribution in [2.24, 2.45) is 5.92 Å². The molecule has 1 aromatic carbocycles. The van der Waals surface area contributed by atoms with Crippen molar-refractivity contribution < 1.29 is 14.3 Å². The SMILES string of the molecule is C[C@H](C(=O)O)N1CC[C@@H](Cc2ccc(F)cc2)C1. The Bertz CT molecular complexity index is 418. The van der Waals surface area contributed by atoms with Crippen LogP contribution in [0.25, 0.3) is 0 Å². The highest BCUT2D eigenvalue weighted by atomic mass is 19.1. The lowest BCUT2D eigenvalue weighted by molar-refractivity contribution is -0.142. The molecule has 1 heterocycles. The second-order valence-corrected chi connectivity index (χ2v) is 4.99. The normalized spacial score (nSPS) is 22.0. The molecule has 1 N–H and O–H groups in total. The number of aliphatic carboxylic acids is 1. The first-order valence-corrected chi connectivity index (χ1v) is 6.27. The fourth-order valence-corrected chi connectivity index (χ4v) is 2.49. The van der Waals surface area contributed by atoms with Crippen LogP contribution in [0.1, 0.15) is 18.9 Å². The maximum atomic E-state index is 12.8. The Morgan fingerprint density at radius 2 is 2.17 bits per heavy atom. The molecule has 0 saturated carbocycles. The summed E-state index contributed by atoms with van der Waals surface area (Å²) in [7, 11) is 0. The van der Waals surface area contributed by atoms with Gasteiger partial charge in [-0.15, -0.1) is 0 Å². The Morgan fingerprint density at radius 1 is 1.50 bits per heavy atom. The quantitative estimate of drug-likeness (QED) is 0.891. The van der Waals surface area contributed by atoms with E-state index in [1.807, 2.05) is 4.90 Å². The molecule has 0 amide bonds. The molecule has 18 heavy (non-hydrogen) atoms. The van der Waals surface area contributed by atoms with Crippen molar-refractivity contribution in [2.75, 3.05) is 13.1 Å². The molecule has 2 rings (SSSR count). The minimum absolute atomic E-state index is 0.216. The predicted octanol–water partition coefficient (Wildman–Crippen LogP) is 2.16. The lowest BCUT2D eigenvalue weighted by atomic mass is 9.99. The molecule has 2 atom stereocenters. The summed E-state index contributed by atoms with van der Waals surface area (Å²) in [6, 6.07) is 6.14. The number of likely N-dealkylation sites (tertiary alicyclic amines) is 1. The van der Waals surface area contributed by atoms with Crippen molar-refractivity contribution in [3.63, 3.8) is 0 Å². The molecule has 4 heteroatoms. The van der Waals surface area contributed by atoms with Crippen LogP contribution in [0, 0.1) is 11.7 Å². The van der Waals surface area contributed by atoms with Gasteiger partial charge in [0.2, 0.25) is 0 Å². The zero-order chi connectivity index (χ0) is 13.1. The number of carbonyl (C=O) groups is 1. The van der Waals surface area contributed by atoms with Gasteiger partial charge in [-0.05, 0) is 49.9 Å². The van der Waals surface area contributed by atoms with E-state index in [-0.39, 0.29) is 5.82 Å². The smallest absolute Gasteiger partial charge is 0.320 e. The Hall–Kier alpha value is -1.42. The van der Waals surface area contributed by atoms with E-state index in [4.69, 9.17) is 5.11 Å². The third-order valence-electron chi connectivity index (χ3n) is 3.66. The Morgan fingerprint density at radius 3 is 2.78 bits per heavy atom. The molecule has 3 nitrogen and oxygen atoms in total. The summed E-state index contributed by atoms with van der Waals surface area (Å²) < 4.78 is 12.8. The van der Waals surface area contributed by atoms with Crippen molar-refractivity contribution in [3.05, 3.63) is 35.6 Å². The predicted molar refractivity (Wildman–Crippen MR) is 66.9 cm³/mol. The van der Waals surface area contributed by atoms with Crippen LogP contribution >= 0.6 is 0 Å². The number of nitrogens with zero attached hydrogens (tertiary/aromatic N) is 1. The van der Waals surface area contributed by atoms with Gasteiger partial charge in [-0.2, -0.15) is 0 Å².